The molecule has 4 aliphatic rings. The fourth-order valence-electron chi connectivity index (χ4n) is 4.87. The van der Waals surface area contributed by atoms with Crippen LogP contribution in [0.2, 0.25) is 10.0 Å². The summed E-state index contributed by atoms with van der Waals surface area (Å²) in [7, 11) is 0. The van der Waals surface area contributed by atoms with Gasteiger partial charge in [-0.15, -0.1) is 0 Å². The third-order valence-corrected chi connectivity index (χ3v) is 7.58. The minimum atomic E-state index is -0.818. The maximum atomic E-state index is 13.2. The number of amides is 8. The van der Waals surface area contributed by atoms with Crippen LogP contribution in [-0.2, 0) is 38.4 Å². The number of imide groups is 4. The van der Waals surface area contributed by atoms with Crippen LogP contribution in [0.15, 0.2) is 60.7 Å². The molecule has 212 valence electrons. The van der Waals surface area contributed by atoms with Crippen LogP contribution in [0, 0.1) is 0 Å². The summed E-state index contributed by atoms with van der Waals surface area (Å²) < 4.78 is 0. The number of carbonyl (C=O) groups is 8. The van der Waals surface area contributed by atoms with Gasteiger partial charge in [-0.1, -0.05) is 47.5 Å². The maximum Gasteiger partial charge on any atom is 0.263 e. The summed E-state index contributed by atoms with van der Waals surface area (Å²) in [4.78, 5) is 100. The van der Waals surface area contributed by atoms with Gasteiger partial charge in [-0.2, -0.15) is 0 Å². The number of benzene rings is 2. The van der Waals surface area contributed by atoms with Gasteiger partial charge in [0.05, 0.1) is 22.3 Å². The average Bonchev–Trinajstić information content (AvgIpc) is 3.64. The molecule has 4 aliphatic heterocycles. The monoisotopic (exact) mass is 616 g/mol. The smallest absolute Gasteiger partial charge is 0.263 e. The van der Waals surface area contributed by atoms with Crippen molar-refractivity contribution in [2.75, 3.05) is 6.67 Å². The molecule has 0 atom stereocenters. The van der Waals surface area contributed by atoms with Crippen molar-refractivity contribution in [2.24, 2.45) is 0 Å². The fourth-order valence-corrected chi connectivity index (χ4v) is 5.43. The van der Waals surface area contributed by atoms with Gasteiger partial charge >= 0.3 is 0 Å². The first-order chi connectivity index (χ1) is 20.4. The molecule has 43 heavy (non-hydrogen) atoms. The molecule has 4 heterocycles. The maximum absolute atomic E-state index is 13.2. The largest absolute Gasteiger partial charge is 0.289 e. The lowest BCUT2D eigenvalue weighted by Crippen LogP contribution is -2.44. The highest BCUT2D eigenvalue weighted by Gasteiger charge is 2.40. The van der Waals surface area contributed by atoms with Crippen LogP contribution < -0.4 is 10.6 Å². The van der Waals surface area contributed by atoms with Gasteiger partial charge in [0.15, 0.2) is 0 Å². The zero-order valence-electron chi connectivity index (χ0n) is 21.4. The summed E-state index contributed by atoms with van der Waals surface area (Å²) in [6.45, 7) is -0.689. The number of nitrogens with one attached hydrogen (secondary N) is 2. The Hall–Kier alpha value is -5.46. The quantitative estimate of drug-likeness (QED) is 0.457. The van der Waals surface area contributed by atoms with Gasteiger partial charge in [0.25, 0.3) is 47.3 Å². The Labute approximate surface area is 250 Å². The minimum absolute atomic E-state index is 0.0189. The first kappa shape index (κ1) is 27.7. The molecular formula is C29H14Cl2N4O8. The van der Waals surface area contributed by atoms with E-state index < -0.39 is 53.9 Å². The Morgan fingerprint density at radius 3 is 1.26 bits per heavy atom. The molecule has 6 rings (SSSR count). The second-order valence-corrected chi connectivity index (χ2v) is 10.4. The molecule has 0 saturated carbocycles. The lowest BCUT2D eigenvalue weighted by atomic mass is 10.00. The molecule has 14 heteroatoms. The second-order valence-electron chi connectivity index (χ2n) is 9.54. The summed E-state index contributed by atoms with van der Waals surface area (Å²) in [5, 5.41) is 4.27. The van der Waals surface area contributed by atoms with Gasteiger partial charge in [0, 0.05) is 45.5 Å². The number of hydrogen-bond acceptors (Lipinski definition) is 8. The topological polar surface area (TPSA) is 167 Å². The van der Waals surface area contributed by atoms with Gasteiger partial charge in [0.1, 0.15) is 6.67 Å². The van der Waals surface area contributed by atoms with Crippen molar-refractivity contribution in [2.45, 2.75) is 0 Å². The van der Waals surface area contributed by atoms with Crippen LogP contribution in [0.3, 0.4) is 0 Å². The first-order valence-corrected chi connectivity index (χ1v) is 13.1. The average molecular weight is 617 g/mol. The van der Waals surface area contributed by atoms with E-state index in [2.05, 4.69) is 10.6 Å². The van der Waals surface area contributed by atoms with Gasteiger partial charge in [-0.05, 0) is 23.3 Å². The lowest BCUT2D eigenvalue weighted by Gasteiger charge is -2.22. The summed E-state index contributed by atoms with van der Waals surface area (Å²) in [6, 6.07) is 8.47. The van der Waals surface area contributed by atoms with E-state index in [-0.39, 0.29) is 43.5 Å². The standard InChI is InChI=1S/C29H14Cl2N4O8/c30-20-5-12(16-7-22(36)32-26(16)40)1-3-14(20)18-9-24(38)34(28(18)42)11-35-25(39)10-19(29(35)43)15-4-2-13(6-21(15)31)17-8-23(37)33-27(17)41/h1-10H,11H2,(H,32,36,40)(H,33,37,41). The van der Waals surface area contributed by atoms with Gasteiger partial charge in [-0.3, -0.25) is 58.8 Å². The van der Waals surface area contributed by atoms with Crippen LogP contribution in [0.4, 0.5) is 0 Å². The summed E-state index contributed by atoms with van der Waals surface area (Å²) in [6.07, 6.45) is 4.25. The Morgan fingerprint density at radius 2 is 0.930 bits per heavy atom. The molecule has 2 aromatic rings. The molecule has 12 nitrogen and oxygen atoms in total. The molecule has 0 fully saturated rings. The molecular weight excluding hydrogens is 603 g/mol. The minimum Gasteiger partial charge on any atom is -0.289 e. The zero-order chi connectivity index (χ0) is 30.7. The first-order valence-electron chi connectivity index (χ1n) is 12.3. The van der Waals surface area contributed by atoms with E-state index in [4.69, 9.17) is 23.2 Å². The van der Waals surface area contributed by atoms with Crippen LogP contribution in [0.25, 0.3) is 22.3 Å². The molecule has 0 saturated heterocycles. The van der Waals surface area contributed by atoms with E-state index >= 15 is 0 Å². The predicted octanol–water partition coefficient (Wildman–Crippen LogP) is 1.24. The van der Waals surface area contributed by atoms with E-state index in [1.165, 1.54) is 36.4 Å². The highest BCUT2D eigenvalue weighted by Crippen LogP contribution is 2.35. The lowest BCUT2D eigenvalue weighted by molar-refractivity contribution is -0.145. The molecule has 8 amide bonds. The van der Waals surface area contributed by atoms with Crippen molar-refractivity contribution in [1.82, 2.24) is 20.4 Å². The number of halogens is 2. The zero-order valence-corrected chi connectivity index (χ0v) is 22.9. The molecule has 0 aromatic heterocycles. The third-order valence-electron chi connectivity index (χ3n) is 6.96. The number of carbonyl (C=O) groups excluding carboxylic acids is 8. The summed E-state index contributed by atoms with van der Waals surface area (Å²) in [5.41, 5.74) is 0.937. The van der Waals surface area contributed by atoms with E-state index in [1.54, 1.807) is 0 Å². The Kier molecular flexibility index (Phi) is 6.52. The van der Waals surface area contributed by atoms with Gasteiger partial charge < -0.3 is 0 Å². The predicted molar refractivity (Wildman–Crippen MR) is 150 cm³/mol. The van der Waals surface area contributed by atoms with Crippen LogP contribution in [0.1, 0.15) is 22.3 Å². The highest BCUT2D eigenvalue weighted by molar-refractivity contribution is 6.41. The Bertz CT molecular complexity index is 1800. The van der Waals surface area contributed by atoms with Crippen molar-refractivity contribution in [1.29, 1.82) is 0 Å². The third kappa shape index (κ3) is 4.68. The fraction of sp³-hybridized carbons (Fsp3) is 0.0345. The van der Waals surface area contributed by atoms with E-state index in [0.717, 1.165) is 24.3 Å². The van der Waals surface area contributed by atoms with Crippen molar-refractivity contribution >= 4 is 92.8 Å². The molecule has 0 aliphatic carbocycles. The van der Waals surface area contributed by atoms with Crippen molar-refractivity contribution in [3.8, 4) is 0 Å². The van der Waals surface area contributed by atoms with E-state index in [1.807, 2.05) is 0 Å². The van der Waals surface area contributed by atoms with Crippen molar-refractivity contribution in [3.63, 3.8) is 0 Å². The summed E-state index contributed by atoms with van der Waals surface area (Å²) >= 11 is 12.7. The molecule has 0 radical (unpaired) electrons. The Balaban J connectivity index is 1.19. The van der Waals surface area contributed by atoms with Gasteiger partial charge in [0.2, 0.25) is 0 Å². The SMILES string of the molecule is O=C1C=C(c2ccc(C3=CC(=O)N(CN4C(=O)C=C(c5ccc(C6=CC(=O)NC6=O)cc5Cl)C4=O)C3=O)c(Cl)c2)C(=O)N1. The van der Waals surface area contributed by atoms with Crippen molar-refractivity contribution in [3.05, 3.63) is 93.0 Å². The highest BCUT2D eigenvalue weighted by atomic mass is 35.5. The Morgan fingerprint density at radius 1 is 0.535 bits per heavy atom. The normalized spacial score (nSPS) is 18.4. The number of rotatable bonds is 6. The molecule has 2 N–H and O–H groups in total. The van der Waals surface area contributed by atoms with Gasteiger partial charge in [-0.25, -0.2) is 0 Å². The number of hydrogen-bond donors (Lipinski definition) is 2. The molecule has 0 spiro atoms. The van der Waals surface area contributed by atoms with Crippen LogP contribution in [0.5, 0.6) is 0 Å². The molecule has 0 unspecified atom stereocenters. The van der Waals surface area contributed by atoms with Crippen molar-refractivity contribution < 1.29 is 38.4 Å². The molecule has 0 bridgehead atoms. The second kappa shape index (κ2) is 10.1. The number of nitrogens with zero attached hydrogens (tertiary/aromatic N) is 2. The van der Waals surface area contributed by atoms with E-state index in [9.17, 15) is 38.4 Å². The van der Waals surface area contributed by atoms with Crippen LogP contribution >= 0.6 is 23.2 Å². The summed E-state index contributed by atoms with van der Waals surface area (Å²) in [5.74, 6) is -5.59. The van der Waals surface area contributed by atoms with E-state index in [0.29, 0.717) is 20.9 Å². The molecule has 2 aromatic carbocycles. The van der Waals surface area contributed by atoms with Crippen LogP contribution in [-0.4, -0.2) is 63.7 Å².